The van der Waals surface area contributed by atoms with Crippen LogP contribution in [-0.4, -0.2) is 41.2 Å². The van der Waals surface area contributed by atoms with Crippen molar-refractivity contribution in [2.75, 3.05) is 13.1 Å². The molecule has 2 atom stereocenters. The molecule has 110 valence electrons. The van der Waals surface area contributed by atoms with Crippen molar-refractivity contribution in [1.29, 1.82) is 0 Å². The smallest absolute Gasteiger partial charge is 0.263 e. The van der Waals surface area contributed by atoms with E-state index in [4.69, 9.17) is 16.3 Å². The molecule has 0 aliphatic carbocycles. The third-order valence-electron chi connectivity index (χ3n) is 3.25. The summed E-state index contributed by atoms with van der Waals surface area (Å²) in [7, 11) is 0. The van der Waals surface area contributed by atoms with Crippen molar-refractivity contribution < 1.29 is 19.0 Å². The number of hydrogen-bond acceptors (Lipinski definition) is 3. The fourth-order valence-electron chi connectivity index (χ4n) is 2.22. The van der Waals surface area contributed by atoms with Gasteiger partial charge in [0.2, 0.25) is 0 Å². The molecule has 1 heterocycles. The number of carbonyl (C=O) groups excluding carboxylic acids is 1. The van der Waals surface area contributed by atoms with Crippen LogP contribution in [-0.2, 0) is 4.79 Å². The second-order valence-electron chi connectivity index (χ2n) is 4.92. The second-order valence-corrected chi connectivity index (χ2v) is 5.32. The molecule has 1 aliphatic heterocycles. The molecule has 0 aromatic heterocycles. The van der Waals surface area contributed by atoms with Gasteiger partial charge in [-0.25, -0.2) is 4.39 Å². The summed E-state index contributed by atoms with van der Waals surface area (Å²) in [6, 6.07) is 3.76. The van der Waals surface area contributed by atoms with Crippen LogP contribution in [0.1, 0.15) is 19.8 Å². The van der Waals surface area contributed by atoms with Gasteiger partial charge in [-0.15, -0.1) is 0 Å². The predicted octanol–water partition coefficient (Wildman–Crippen LogP) is 2.23. The molecule has 20 heavy (non-hydrogen) atoms. The second kappa shape index (κ2) is 6.41. The number of likely N-dealkylation sites (tertiary alicyclic amines) is 1. The van der Waals surface area contributed by atoms with Crippen molar-refractivity contribution in [1.82, 2.24) is 4.90 Å². The molecule has 1 aromatic carbocycles. The summed E-state index contributed by atoms with van der Waals surface area (Å²) >= 11 is 5.86. The van der Waals surface area contributed by atoms with Gasteiger partial charge in [0.05, 0.1) is 11.1 Å². The number of ether oxygens (including phenoxy) is 1. The third-order valence-corrected chi connectivity index (χ3v) is 3.55. The molecule has 2 unspecified atom stereocenters. The molecule has 2 rings (SSSR count). The first-order chi connectivity index (χ1) is 9.47. The minimum atomic E-state index is -0.733. The number of piperidine rings is 1. The van der Waals surface area contributed by atoms with Gasteiger partial charge in [0.1, 0.15) is 11.6 Å². The van der Waals surface area contributed by atoms with E-state index in [2.05, 4.69) is 0 Å². The van der Waals surface area contributed by atoms with Crippen molar-refractivity contribution in [3.8, 4) is 5.75 Å². The highest BCUT2D eigenvalue weighted by Crippen LogP contribution is 2.26. The molecule has 1 saturated heterocycles. The number of hydrogen-bond donors (Lipinski definition) is 1. The van der Waals surface area contributed by atoms with E-state index in [1.165, 1.54) is 12.1 Å². The Kier molecular flexibility index (Phi) is 4.83. The lowest BCUT2D eigenvalue weighted by molar-refractivity contribution is -0.141. The van der Waals surface area contributed by atoms with Gasteiger partial charge >= 0.3 is 0 Å². The molecule has 0 spiro atoms. The number of rotatable bonds is 3. The molecule has 0 radical (unpaired) electrons. The highest BCUT2D eigenvalue weighted by molar-refractivity contribution is 6.32. The van der Waals surface area contributed by atoms with Crippen LogP contribution >= 0.6 is 11.6 Å². The first-order valence-corrected chi connectivity index (χ1v) is 6.93. The van der Waals surface area contributed by atoms with Crippen LogP contribution in [0.3, 0.4) is 0 Å². The van der Waals surface area contributed by atoms with Gasteiger partial charge < -0.3 is 14.7 Å². The number of aliphatic hydroxyl groups excluding tert-OH is 1. The summed E-state index contributed by atoms with van der Waals surface area (Å²) in [5, 5.41) is 9.71. The van der Waals surface area contributed by atoms with Gasteiger partial charge in [0, 0.05) is 13.1 Å². The Balaban J connectivity index is 2.00. The fourth-order valence-corrected chi connectivity index (χ4v) is 2.44. The standard InChI is InChI=1S/C14H17ClFNO3/c1-9(14(19)17-6-2-3-11(18)8-17)20-13-5-4-10(16)7-12(13)15/h4-5,7,9,11,18H,2-3,6,8H2,1H3. The minimum Gasteiger partial charge on any atom is -0.479 e. The number of amides is 1. The van der Waals surface area contributed by atoms with E-state index in [1.807, 2.05) is 0 Å². The minimum absolute atomic E-state index is 0.128. The lowest BCUT2D eigenvalue weighted by Gasteiger charge is -2.32. The number of halogens is 2. The zero-order valence-electron chi connectivity index (χ0n) is 11.2. The Morgan fingerprint density at radius 2 is 2.35 bits per heavy atom. The lowest BCUT2D eigenvalue weighted by atomic mass is 10.1. The van der Waals surface area contributed by atoms with Crippen molar-refractivity contribution in [2.45, 2.75) is 32.0 Å². The van der Waals surface area contributed by atoms with E-state index < -0.39 is 18.0 Å². The van der Waals surface area contributed by atoms with Crippen LogP contribution in [0.5, 0.6) is 5.75 Å². The summed E-state index contributed by atoms with van der Waals surface area (Å²) in [6.45, 7) is 2.55. The maximum Gasteiger partial charge on any atom is 0.263 e. The van der Waals surface area contributed by atoms with Gasteiger partial charge in [0.15, 0.2) is 6.10 Å². The fraction of sp³-hybridized carbons (Fsp3) is 0.500. The van der Waals surface area contributed by atoms with Crippen LogP contribution < -0.4 is 4.74 Å². The quantitative estimate of drug-likeness (QED) is 0.931. The Morgan fingerprint density at radius 1 is 1.60 bits per heavy atom. The SMILES string of the molecule is CC(Oc1ccc(F)cc1Cl)C(=O)N1CCCC(O)C1. The highest BCUT2D eigenvalue weighted by Gasteiger charge is 2.27. The number of benzene rings is 1. The third kappa shape index (κ3) is 3.61. The molecule has 1 aromatic rings. The van der Waals surface area contributed by atoms with Crippen LogP contribution in [0.2, 0.25) is 5.02 Å². The van der Waals surface area contributed by atoms with Gasteiger partial charge in [0.25, 0.3) is 5.91 Å². The van der Waals surface area contributed by atoms with Crippen molar-refractivity contribution in [3.05, 3.63) is 29.0 Å². The average Bonchev–Trinajstić information content (AvgIpc) is 2.41. The van der Waals surface area contributed by atoms with E-state index in [9.17, 15) is 14.3 Å². The molecule has 0 bridgehead atoms. The van der Waals surface area contributed by atoms with Gasteiger partial charge in [-0.05, 0) is 38.0 Å². The van der Waals surface area contributed by atoms with Gasteiger partial charge in [-0.1, -0.05) is 11.6 Å². The molecule has 6 heteroatoms. The summed E-state index contributed by atoms with van der Waals surface area (Å²) in [4.78, 5) is 13.8. The molecule has 0 saturated carbocycles. The normalized spacial score (nSPS) is 20.6. The van der Waals surface area contributed by atoms with E-state index in [0.717, 1.165) is 12.5 Å². The van der Waals surface area contributed by atoms with E-state index in [1.54, 1.807) is 11.8 Å². The zero-order valence-corrected chi connectivity index (χ0v) is 11.9. The monoisotopic (exact) mass is 301 g/mol. The predicted molar refractivity (Wildman–Crippen MR) is 73.3 cm³/mol. The highest BCUT2D eigenvalue weighted by atomic mass is 35.5. The molecular formula is C14H17ClFNO3. The van der Waals surface area contributed by atoms with Crippen molar-refractivity contribution in [2.24, 2.45) is 0 Å². The van der Waals surface area contributed by atoms with Gasteiger partial charge in [-0.3, -0.25) is 4.79 Å². The van der Waals surface area contributed by atoms with Crippen LogP contribution in [0, 0.1) is 5.82 Å². The van der Waals surface area contributed by atoms with Crippen LogP contribution in [0.4, 0.5) is 4.39 Å². The Bertz CT molecular complexity index is 497. The van der Waals surface area contributed by atoms with Crippen molar-refractivity contribution >= 4 is 17.5 Å². The Hall–Kier alpha value is -1.33. The van der Waals surface area contributed by atoms with Crippen LogP contribution in [0.15, 0.2) is 18.2 Å². The first-order valence-electron chi connectivity index (χ1n) is 6.56. The first kappa shape index (κ1) is 15.1. The molecule has 1 amide bonds. The summed E-state index contributed by atoms with van der Waals surface area (Å²) in [6.07, 6.45) is 0.275. The summed E-state index contributed by atoms with van der Waals surface area (Å²) < 4.78 is 18.4. The number of aliphatic hydroxyl groups is 1. The Morgan fingerprint density at radius 3 is 3.00 bits per heavy atom. The summed E-state index contributed by atoms with van der Waals surface area (Å²) in [5.74, 6) is -0.393. The topological polar surface area (TPSA) is 49.8 Å². The van der Waals surface area contributed by atoms with E-state index in [-0.39, 0.29) is 16.7 Å². The van der Waals surface area contributed by atoms with E-state index >= 15 is 0 Å². The zero-order chi connectivity index (χ0) is 14.7. The lowest BCUT2D eigenvalue weighted by Crippen LogP contribution is -2.47. The molecule has 1 N–H and O–H groups in total. The summed E-state index contributed by atoms with van der Waals surface area (Å²) in [5.41, 5.74) is 0. The van der Waals surface area contributed by atoms with Crippen molar-refractivity contribution in [3.63, 3.8) is 0 Å². The van der Waals surface area contributed by atoms with Crippen LogP contribution in [0.25, 0.3) is 0 Å². The maximum atomic E-state index is 12.9. The average molecular weight is 302 g/mol. The largest absolute Gasteiger partial charge is 0.479 e. The number of nitrogens with zero attached hydrogens (tertiary/aromatic N) is 1. The van der Waals surface area contributed by atoms with Gasteiger partial charge in [-0.2, -0.15) is 0 Å². The number of β-amino-alcohol motifs (C(OH)–C–C–N with tert-alkyl or cyclic N) is 1. The molecule has 4 nitrogen and oxygen atoms in total. The molecule has 1 fully saturated rings. The molecule has 1 aliphatic rings. The Labute approximate surface area is 122 Å². The van der Waals surface area contributed by atoms with E-state index in [0.29, 0.717) is 19.5 Å². The maximum absolute atomic E-state index is 12.9. The number of carbonyl (C=O) groups is 1. The molecular weight excluding hydrogens is 285 g/mol.